The standard InChI is InChI=1S/C32H44O6/c1-19(8-13-28(33)34)25-11-12-26-24-10-9-20-18-21(14-16-31(20,2)27(24)15-17-32(25,26)3)38-30(37)23-7-5-4-6-22(23)29(35)36/h4-7,19-21,24-27H,8-18H2,1-3H3,(H,33,34)(H,35,36)/t19-,20-,21-,24+,25-,26+,27+,31+,32-/m1/s1. The highest BCUT2D eigenvalue weighted by atomic mass is 16.5. The molecule has 0 heterocycles. The Labute approximate surface area is 226 Å². The number of fused-ring (bicyclic) bond motifs is 5. The van der Waals surface area contributed by atoms with Crippen LogP contribution in [0.5, 0.6) is 0 Å². The molecule has 5 rings (SSSR count). The number of carbonyl (C=O) groups is 3. The number of hydrogen-bond acceptors (Lipinski definition) is 4. The maximum atomic E-state index is 12.9. The molecular weight excluding hydrogens is 480 g/mol. The Hall–Kier alpha value is -2.37. The topological polar surface area (TPSA) is 101 Å². The number of carboxylic acids is 2. The van der Waals surface area contributed by atoms with Crippen LogP contribution in [-0.2, 0) is 9.53 Å². The largest absolute Gasteiger partial charge is 0.481 e. The van der Waals surface area contributed by atoms with Gasteiger partial charge in [0, 0.05) is 6.42 Å². The number of rotatable bonds is 7. The van der Waals surface area contributed by atoms with Crippen LogP contribution in [0.3, 0.4) is 0 Å². The third kappa shape index (κ3) is 4.66. The Balaban J connectivity index is 1.25. The Kier molecular flexibility index (Phi) is 7.38. The lowest BCUT2D eigenvalue weighted by molar-refractivity contribution is -0.138. The number of aliphatic carboxylic acids is 1. The molecule has 0 spiro atoms. The minimum Gasteiger partial charge on any atom is -0.481 e. The zero-order chi connectivity index (χ0) is 27.2. The van der Waals surface area contributed by atoms with Crippen molar-refractivity contribution in [3.63, 3.8) is 0 Å². The third-order valence-electron chi connectivity index (χ3n) is 11.8. The lowest BCUT2D eigenvalue weighted by atomic mass is 9.44. The molecule has 4 aliphatic carbocycles. The minimum atomic E-state index is -1.11. The molecule has 0 amide bonds. The summed E-state index contributed by atoms with van der Waals surface area (Å²) < 4.78 is 5.92. The number of ether oxygens (including phenoxy) is 1. The summed E-state index contributed by atoms with van der Waals surface area (Å²) in [7, 11) is 0. The van der Waals surface area contributed by atoms with Gasteiger partial charge in [0.2, 0.25) is 0 Å². The predicted molar refractivity (Wildman–Crippen MR) is 144 cm³/mol. The summed E-state index contributed by atoms with van der Waals surface area (Å²) in [5.41, 5.74) is 0.721. The first kappa shape index (κ1) is 27.2. The van der Waals surface area contributed by atoms with Crippen molar-refractivity contribution < 1.29 is 29.3 Å². The molecule has 0 radical (unpaired) electrons. The highest BCUT2D eigenvalue weighted by Gasteiger charge is 2.60. The van der Waals surface area contributed by atoms with E-state index in [0.29, 0.717) is 29.1 Å². The first-order valence-corrected chi connectivity index (χ1v) is 14.8. The van der Waals surface area contributed by atoms with Crippen LogP contribution in [0.2, 0.25) is 0 Å². The maximum absolute atomic E-state index is 12.9. The van der Waals surface area contributed by atoms with Gasteiger partial charge in [0.25, 0.3) is 0 Å². The fourth-order valence-corrected chi connectivity index (χ4v) is 9.92. The van der Waals surface area contributed by atoms with E-state index in [2.05, 4.69) is 20.8 Å². The summed E-state index contributed by atoms with van der Waals surface area (Å²) >= 11 is 0. The van der Waals surface area contributed by atoms with Crippen LogP contribution in [0.25, 0.3) is 0 Å². The van der Waals surface area contributed by atoms with Crippen LogP contribution >= 0.6 is 0 Å². The molecular formula is C32H44O6. The second-order valence-electron chi connectivity index (χ2n) is 13.4. The van der Waals surface area contributed by atoms with Gasteiger partial charge in [0.05, 0.1) is 11.1 Å². The van der Waals surface area contributed by atoms with Gasteiger partial charge >= 0.3 is 17.9 Å². The van der Waals surface area contributed by atoms with Crippen molar-refractivity contribution in [2.24, 2.45) is 46.3 Å². The molecule has 9 atom stereocenters. The molecule has 208 valence electrons. The zero-order valence-corrected chi connectivity index (χ0v) is 23.2. The second-order valence-corrected chi connectivity index (χ2v) is 13.4. The predicted octanol–water partition coefficient (Wildman–Crippen LogP) is 7.07. The normalized spacial score (nSPS) is 38.8. The van der Waals surface area contributed by atoms with Crippen molar-refractivity contribution in [2.75, 3.05) is 0 Å². The number of hydrogen-bond donors (Lipinski definition) is 2. The number of carbonyl (C=O) groups excluding carboxylic acids is 1. The summed E-state index contributed by atoms with van der Waals surface area (Å²) in [6.45, 7) is 7.29. The van der Waals surface area contributed by atoms with Gasteiger partial charge in [-0.3, -0.25) is 4.79 Å². The number of esters is 1. The molecule has 4 fully saturated rings. The van der Waals surface area contributed by atoms with Crippen molar-refractivity contribution in [3.8, 4) is 0 Å². The summed E-state index contributed by atoms with van der Waals surface area (Å²) in [4.78, 5) is 35.7. The van der Waals surface area contributed by atoms with Crippen LogP contribution in [0, 0.1) is 46.3 Å². The van der Waals surface area contributed by atoms with Gasteiger partial charge in [-0.25, -0.2) is 9.59 Å². The summed E-state index contributed by atoms with van der Waals surface area (Å²) in [5, 5.41) is 18.7. The molecule has 0 unspecified atom stereocenters. The van der Waals surface area contributed by atoms with Crippen molar-refractivity contribution in [2.45, 2.75) is 97.5 Å². The van der Waals surface area contributed by atoms with E-state index in [1.54, 1.807) is 18.2 Å². The summed E-state index contributed by atoms with van der Waals surface area (Å²) in [5.74, 6) is 1.49. The van der Waals surface area contributed by atoms with Crippen LogP contribution < -0.4 is 0 Å². The van der Waals surface area contributed by atoms with E-state index in [-0.39, 0.29) is 29.1 Å². The molecule has 1 aromatic carbocycles. The smallest absolute Gasteiger partial charge is 0.339 e. The number of carboxylic acid groups (broad SMARTS) is 2. The fourth-order valence-electron chi connectivity index (χ4n) is 9.92. The van der Waals surface area contributed by atoms with Crippen molar-refractivity contribution in [3.05, 3.63) is 35.4 Å². The van der Waals surface area contributed by atoms with Crippen LogP contribution in [0.15, 0.2) is 24.3 Å². The van der Waals surface area contributed by atoms with Crippen molar-refractivity contribution in [1.82, 2.24) is 0 Å². The Morgan fingerprint density at radius 3 is 2.32 bits per heavy atom. The van der Waals surface area contributed by atoms with Crippen molar-refractivity contribution in [1.29, 1.82) is 0 Å². The molecule has 2 N–H and O–H groups in total. The summed E-state index contributed by atoms with van der Waals surface area (Å²) in [6, 6.07) is 6.30. The lowest BCUT2D eigenvalue weighted by Gasteiger charge is -2.61. The van der Waals surface area contributed by atoms with Gasteiger partial charge < -0.3 is 14.9 Å². The first-order chi connectivity index (χ1) is 18.0. The van der Waals surface area contributed by atoms with E-state index in [9.17, 15) is 24.6 Å². The zero-order valence-electron chi connectivity index (χ0n) is 23.2. The van der Waals surface area contributed by atoms with Crippen LogP contribution in [0.1, 0.15) is 112 Å². The van der Waals surface area contributed by atoms with E-state index in [1.165, 1.54) is 44.6 Å². The maximum Gasteiger partial charge on any atom is 0.339 e. The number of benzene rings is 1. The van der Waals surface area contributed by atoms with Gasteiger partial charge in [-0.2, -0.15) is 0 Å². The van der Waals surface area contributed by atoms with E-state index in [1.807, 2.05) is 0 Å². The molecule has 0 saturated heterocycles. The van der Waals surface area contributed by atoms with E-state index < -0.39 is 17.9 Å². The van der Waals surface area contributed by atoms with Gasteiger partial charge in [0.15, 0.2) is 0 Å². The third-order valence-corrected chi connectivity index (χ3v) is 11.8. The molecule has 4 saturated carbocycles. The van der Waals surface area contributed by atoms with Gasteiger partial charge in [-0.05, 0) is 123 Å². The second kappa shape index (κ2) is 10.3. The SMILES string of the molecule is C[C@H](CCC(=O)O)[C@H]1CC[C@H]2[C@@H]3CC[C@@H]4C[C@H](OC(=O)c5ccccc5C(=O)O)CC[C@]4(C)[C@H]3CC[C@]12C. The molecule has 4 aliphatic rings. The molecule has 1 aromatic rings. The highest BCUT2D eigenvalue weighted by molar-refractivity contribution is 6.02. The molecule has 6 nitrogen and oxygen atoms in total. The Morgan fingerprint density at radius 2 is 1.61 bits per heavy atom. The molecule has 0 bridgehead atoms. The van der Waals surface area contributed by atoms with Crippen molar-refractivity contribution >= 4 is 17.9 Å². The first-order valence-electron chi connectivity index (χ1n) is 14.8. The monoisotopic (exact) mass is 524 g/mol. The van der Waals surface area contributed by atoms with Crippen LogP contribution in [-0.4, -0.2) is 34.2 Å². The molecule has 0 aliphatic heterocycles. The Bertz CT molecular complexity index is 1080. The molecule has 0 aromatic heterocycles. The fraction of sp³-hybridized carbons (Fsp3) is 0.719. The van der Waals surface area contributed by atoms with E-state index in [4.69, 9.17) is 4.74 Å². The quantitative estimate of drug-likeness (QED) is 0.370. The number of aromatic carboxylic acids is 1. The molecule has 6 heteroatoms. The Morgan fingerprint density at radius 1 is 0.921 bits per heavy atom. The van der Waals surface area contributed by atoms with Gasteiger partial charge in [-0.1, -0.05) is 32.9 Å². The van der Waals surface area contributed by atoms with Gasteiger partial charge in [-0.15, -0.1) is 0 Å². The highest BCUT2D eigenvalue weighted by Crippen LogP contribution is 2.68. The van der Waals surface area contributed by atoms with Crippen LogP contribution in [0.4, 0.5) is 0 Å². The van der Waals surface area contributed by atoms with E-state index >= 15 is 0 Å². The molecule has 38 heavy (non-hydrogen) atoms. The average molecular weight is 525 g/mol. The minimum absolute atomic E-state index is 0.00365. The van der Waals surface area contributed by atoms with Gasteiger partial charge in [0.1, 0.15) is 6.10 Å². The summed E-state index contributed by atoms with van der Waals surface area (Å²) in [6.07, 6.45) is 11.1. The lowest BCUT2D eigenvalue weighted by Crippen LogP contribution is -2.54. The van der Waals surface area contributed by atoms with E-state index in [0.717, 1.165) is 37.5 Å². The average Bonchev–Trinajstić information content (AvgIpc) is 3.24.